The summed E-state index contributed by atoms with van der Waals surface area (Å²) >= 11 is 0. The van der Waals surface area contributed by atoms with Gasteiger partial charge in [-0.2, -0.15) is 0 Å². The van der Waals surface area contributed by atoms with Crippen molar-refractivity contribution in [2.45, 2.75) is 31.0 Å². The molecule has 0 spiro atoms. The highest BCUT2D eigenvalue weighted by atomic mass is 32.2. The van der Waals surface area contributed by atoms with Crippen molar-refractivity contribution in [1.29, 1.82) is 0 Å². The second-order valence-corrected chi connectivity index (χ2v) is 9.56. The number of halogens is 1. The molecule has 0 aliphatic rings. The van der Waals surface area contributed by atoms with Gasteiger partial charge in [-0.25, -0.2) is 17.5 Å². The Hall–Kier alpha value is -3.82. The van der Waals surface area contributed by atoms with E-state index in [1.165, 1.54) is 36.4 Å². The molecule has 0 heterocycles. The van der Waals surface area contributed by atoms with Crippen LogP contribution in [0.1, 0.15) is 23.6 Å². The Balaban J connectivity index is 1.52. The summed E-state index contributed by atoms with van der Waals surface area (Å²) in [7, 11) is -3.84. The maximum Gasteiger partial charge on any atom is 0.244 e. The van der Waals surface area contributed by atoms with E-state index in [-0.39, 0.29) is 18.0 Å². The van der Waals surface area contributed by atoms with Gasteiger partial charge in [0.2, 0.25) is 21.8 Å². The standard InChI is InChI=1S/C26H26FN3O4S/c1-19(30-25(31)14-13-20-7-3-2-4-8-20)26(32)28-17-22-10-6-12-24(16-22)35(33,34)29-18-21-9-5-11-23(27)15-21/h2-16,19,29H,17-18H2,1H3,(H,28,32)(H,30,31). The van der Waals surface area contributed by atoms with E-state index in [1.54, 1.807) is 31.2 Å². The van der Waals surface area contributed by atoms with Crippen LogP contribution in [-0.2, 0) is 32.7 Å². The summed E-state index contributed by atoms with van der Waals surface area (Å²) < 4.78 is 41.0. The molecule has 3 aromatic rings. The van der Waals surface area contributed by atoms with Crippen LogP contribution >= 0.6 is 0 Å². The number of carbonyl (C=O) groups excluding carboxylic acids is 2. The second kappa shape index (κ2) is 12.0. The number of hydrogen-bond acceptors (Lipinski definition) is 4. The molecule has 0 fully saturated rings. The number of benzene rings is 3. The number of rotatable bonds is 10. The quantitative estimate of drug-likeness (QED) is 0.376. The van der Waals surface area contributed by atoms with Crippen LogP contribution in [0.5, 0.6) is 0 Å². The Kier molecular flexibility index (Phi) is 8.88. The molecule has 1 atom stereocenters. The van der Waals surface area contributed by atoms with E-state index < -0.39 is 33.7 Å². The molecular weight excluding hydrogens is 469 g/mol. The minimum atomic E-state index is -3.84. The van der Waals surface area contributed by atoms with Crippen molar-refractivity contribution in [2.75, 3.05) is 0 Å². The van der Waals surface area contributed by atoms with Gasteiger partial charge in [-0.05, 0) is 54.0 Å². The lowest BCUT2D eigenvalue weighted by Crippen LogP contribution is -2.44. The van der Waals surface area contributed by atoms with E-state index >= 15 is 0 Å². The Morgan fingerprint density at radius 3 is 2.31 bits per heavy atom. The van der Waals surface area contributed by atoms with Gasteiger partial charge >= 0.3 is 0 Å². The van der Waals surface area contributed by atoms with Crippen molar-refractivity contribution < 1.29 is 22.4 Å². The summed E-state index contributed by atoms with van der Waals surface area (Å²) in [5.41, 5.74) is 1.92. The largest absolute Gasteiger partial charge is 0.350 e. The molecule has 3 rings (SSSR count). The highest BCUT2D eigenvalue weighted by Crippen LogP contribution is 2.13. The number of hydrogen-bond donors (Lipinski definition) is 3. The summed E-state index contributed by atoms with van der Waals surface area (Å²) in [6.07, 6.45) is 3.00. The van der Waals surface area contributed by atoms with Crippen LogP contribution in [-0.4, -0.2) is 26.3 Å². The molecule has 35 heavy (non-hydrogen) atoms. The lowest BCUT2D eigenvalue weighted by molar-refractivity contribution is -0.126. The summed E-state index contributed by atoms with van der Waals surface area (Å²) in [6, 6.07) is 20.3. The van der Waals surface area contributed by atoms with E-state index in [0.29, 0.717) is 11.1 Å². The van der Waals surface area contributed by atoms with Gasteiger partial charge in [-0.3, -0.25) is 9.59 Å². The molecule has 0 radical (unpaired) electrons. The normalized spacial score (nSPS) is 12.3. The molecule has 0 saturated heterocycles. The minimum Gasteiger partial charge on any atom is -0.350 e. The number of nitrogens with one attached hydrogen (secondary N) is 3. The van der Waals surface area contributed by atoms with Crippen LogP contribution < -0.4 is 15.4 Å². The molecule has 182 valence electrons. The first kappa shape index (κ1) is 25.8. The van der Waals surface area contributed by atoms with Crippen LogP contribution in [0.25, 0.3) is 6.08 Å². The summed E-state index contributed by atoms with van der Waals surface area (Å²) in [5.74, 6) is -1.27. The predicted octanol–water partition coefficient (Wildman–Crippen LogP) is 3.14. The molecule has 7 nitrogen and oxygen atoms in total. The number of amides is 2. The Bertz CT molecular complexity index is 1310. The Labute approximate surface area is 204 Å². The fourth-order valence-electron chi connectivity index (χ4n) is 3.14. The number of sulfonamides is 1. The third-order valence-electron chi connectivity index (χ3n) is 5.01. The van der Waals surface area contributed by atoms with Crippen LogP contribution in [0, 0.1) is 5.82 Å². The second-order valence-electron chi connectivity index (χ2n) is 7.79. The zero-order valence-corrected chi connectivity index (χ0v) is 19.9. The van der Waals surface area contributed by atoms with Gasteiger partial charge < -0.3 is 10.6 Å². The Morgan fingerprint density at radius 1 is 0.914 bits per heavy atom. The molecule has 9 heteroatoms. The van der Waals surface area contributed by atoms with E-state index in [2.05, 4.69) is 15.4 Å². The van der Waals surface area contributed by atoms with Gasteiger partial charge in [-0.1, -0.05) is 54.6 Å². The van der Waals surface area contributed by atoms with Gasteiger partial charge in [0.1, 0.15) is 11.9 Å². The molecule has 1 unspecified atom stereocenters. The van der Waals surface area contributed by atoms with E-state index in [1.807, 2.05) is 30.3 Å². The highest BCUT2D eigenvalue weighted by molar-refractivity contribution is 7.89. The van der Waals surface area contributed by atoms with Crippen LogP contribution in [0.3, 0.4) is 0 Å². The fourth-order valence-corrected chi connectivity index (χ4v) is 4.22. The molecule has 3 N–H and O–H groups in total. The van der Waals surface area contributed by atoms with Crippen LogP contribution in [0.15, 0.2) is 89.8 Å². The smallest absolute Gasteiger partial charge is 0.244 e. The number of carbonyl (C=O) groups is 2. The fraction of sp³-hybridized carbons (Fsp3) is 0.154. The van der Waals surface area contributed by atoms with Crippen molar-refractivity contribution in [3.8, 4) is 0 Å². The van der Waals surface area contributed by atoms with Gasteiger partial charge in [0, 0.05) is 19.2 Å². The summed E-state index contributed by atoms with van der Waals surface area (Å²) in [6.45, 7) is 1.57. The maximum absolute atomic E-state index is 13.3. The first-order valence-electron chi connectivity index (χ1n) is 10.9. The lowest BCUT2D eigenvalue weighted by atomic mass is 10.2. The van der Waals surface area contributed by atoms with Gasteiger partial charge in [-0.15, -0.1) is 0 Å². The van der Waals surface area contributed by atoms with Crippen molar-refractivity contribution in [1.82, 2.24) is 15.4 Å². The average molecular weight is 496 g/mol. The van der Waals surface area contributed by atoms with Gasteiger partial charge in [0.15, 0.2) is 0 Å². The van der Waals surface area contributed by atoms with Crippen molar-refractivity contribution >= 4 is 27.9 Å². The first-order valence-corrected chi connectivity index (χ1v) is 12.4. The van der Waals surface area contributed by atoms with Gasteiger partial charge in [0.05, 0.1) is 4.90 Å². The van der Waals surface area contributed by atoms with E-state index in [4.69, 9.17) is 0 Å². The monoisotopic (exact) mass is 495 g/mol. The van der Waals surface area contributed by atoms with Crippen LogP contribution in [0.2, 0.25) is 0 Å². The van der Waals surface area contributed by atoms with Gasteiger partial charge in [0.25, 0.3) is 0 Å². The molecule has 0 saturated carbocycles. The van der Waals surface area contributed by atoms with Crippen molar-refractivity contribution in [3.63, 3.8) is 0 Å². The molecule has 0 aliphatic heterocycles. The van der Waals surface area contributed by atoms with E-state index in [9.17, 15) is 22.4 Å². The molecule has 0 aromatic heterocycles. The van der Waals surface area contributed by atoms with Crippen LogP contribution in [0.4, 0.5) is 4.39 Å². The third kappa shape index (κ3) is 8.16. The predicted molar refractivity (Wildman–Crippen MR) is 132 cm³/mol. The molecule has 3 aromatic carbocycles. The topological polar surface area (TPSA) is 104 Å². The lowest BCUT2D eigenvalue weighted by Gasteiger charge is -2.14. The zero-order valence-electron chi connectivity index (χ0n) is 19.1. The molecular formula is C26H26FN3O4S. The minimum absolute atomic E-state index is 0.0213. The highest BCUT2D eigenvalue weighted by Gasteiger charge is 2.16. The molecule has 0 bridgehead atoms. The summed E-state index contributed by atoms with van der Waals surface area (Å²) in [5, 5.41) is 5.27. The molecule has 0 aliphatic carbocycles. The maximum atomic E-state index is 13.3. The van der Waals surface area contributed by atoms with Crippen molar-refractivity contribution in [2.24, 2.45) is 0 Å². The Morgan fingerprint density at radius 2 is 1.60 bits per heavy atom. The first-order chi connectivity index (χ1) is 16.7. The van der Waals surface area contributed by atoms with Crippen molar-refractivity contribution in [3.05, 3.63) is 107 Å². The summed E-state index contributed by atoms with van der Waals surface area (Å²) in [4.78, 5) is 24.5. The third-order valence-corrected chi connectivity index (χ3v) is 6.41. The van der Waals surface area contributed by atoms with E-state index in [0.717, 1.165) is 5.56 Å². The zero-order chi connectivity index (χ0) is 25.3. The SMILES string of the molecule is CC(NC(=O)C=Cc1ccccc1)C(=O)NCc1cccc(S(=O)(=O)NCc2cccc(F)c2)c1. The average Bonchev–Trinajstić information content (AvgIpc) is 2.85. The molecule has 2 amide bonds.